The van der Waals surface area contributed by atoms with Crippen molar-refractivity contribution < 1.29 is 24.2 Å². The van der Waals surface area contributed by atoms with Crippen LogP contribution < -0.4 is 4.74 Å². The second-order valence-corrected chi connectivity index (χ2v) is 6.10. The van der Waals surface area contributed by atoms with Crippen molar-refractivity contribution in [3.8, 4) is 5.75 Å². The largest absolute Gasteiger partial charge is 0.497 e. The van der Waals surface area contributed by atoms with E-state index in [1.807, 2.05) is 12.1 Å². The quantitative estimate of drug-likeness (QED) is 0.679. The van der Waals surface area contributed by atoms with Crippen LogP contribution >= 0.6 is 0 Å². The van der Waals surface area contributed by atoms with Gasteiger partial charge in [-0.3, -0.25) is 9.59 Å². The van der Waals surface area contributed by atoms with Gasteiger partial charge in [0.2, 0.25) is 0 Å². The number of carbonyl (C=O) groups excluding carboxylic acids is 2. The highest BCUT2D eigenvalue weighted by atomic mass is 16.5. The molecule has 3 rings (SSSR count). The lowest BCUT2D eigenvalue weighted by molar-refractivity contribution is -0.162. The molecule has 5 nitrogen and oxygen atoms in total. The molecule has 1 aromatic rings. The molecule has 1 aromatic carbocycles. The average Bonchev–Trinajstić information content (AvgIpc) is 2.80. The summed E-state index contributed by atoms with van der Waals surface area (Å²) in [6.07, 6.45) is 0.691. The molecule has 4 atom stereocenters. The predicted molar refractivity (Wildman–Crippen MR) is 78.5 cm³/mol. The number of ketones is 1. The molecule has 0 radical (unpaired) electrons. The summed E-state index contributed by atoms with van der Waals surface area (Å²) in [4.78, 5) is 25.2. The predicted octanol–water partition coefficient (Wildman–Crippen LogP) is 1.68. The summed E-state index contributed by atoms with van der Waals surface area (Å²) in [6.45, 7) is 0. The van der Waals surface area contributed by atoms with Crippen LogP contribution in [0.15, 0.2) is 24.3 Å². The molecule has 0 amide bonds. The van der Waals surface area contributed by atoms with Crippen molar-refractivity contribution in [2.45, 2.75) is 31.3 Å². The highest BCUT2D eigenvalue weighted by Gasteiger charge is 2.63. The van der Waals surface area contributed by atoms with Crippen molar-refractivity contribution in [2.75, 3.05) is 14.2 Å². The molecule has 0 unspecified atom stereocenters. The summed E-state index contributed by atoms with van der Waals surface area (Å²) in [5.74, 6) is -0.727. The fourth-order valence-electron chi connectivity index (χ4n) is 4.07. The van der Waals surface area contributed by atoms with Gasteiger partial charge in [0.25, 0.3) is 0 Å². The topological polar surface area (TPSA) is 72.8 Å². The Bertz CT molecular complexity index is 594. The number of ether oxygens (including phenoxy) is 2. The fraction of sp³-hybridized carbons (Fsp3) is 0.529. The van der Waals surface area contributed by atoms with Gasteiger partial charge < -0.3 is 14.6 Å². The first-order valence-electron chi connectivity index (χ1n) is 7.49. The molecule has 0 saturated heterocycles. The van der Waals surface area contributed by atoms with Gasteiger partial charge in [-0.05, 0) is 37.0 Å². The molecule has 2 saturated carbocycles. The first kappa shape index (κ1) is 15.0. The standard InChI is InChI=1S/C17H20O5/c1-21-11-5-3-10(4-6-11)13-9-14(18)12-7-8-17(13,15(12)19)16(20)22-2/h3-6,12-14,18H,7-9H2,1-2H3/t12-,13-,14+,17-/m0/s1. The van der Waals surface area contributed by atoms with Gasteiger partial charge >= 0.3 is 5.97 Å². The SMILES string of the molecule is COC(=O)[C@]12CC[C@H](C1=O)[C@H](O)C[C@H]2c1ccc(OC)cc1. The van der Waals surface area contributed by atoms with E-state index in [0.29, 0.717) is 25.0 Å². The van der Waals surface area contributed by atoms with Crippen LogP contribution in [0.5, 0.6) is 5.75 Å². The second kappa shape index (κ2) is 5.39. The summed E-state index contributed by atoms with van der Waals surface area (Å²) in [6, 6.07) is 7.32. The van der Waals surface area contributed by atoms with Crippen molar-refractivity contribution in [1.29, 1.82) is 0 Å². The van der Waals surface area contributed by atoms with Gasteiger partial charge in [0.05, 0.1) is 20.3 Å². The summed E-state index contributed by atoms with van der Waals surface area (Å²) in [5, 5.41) is 10.3. The molecular formula is C17H20O5. The normalized spacial score (nSPS) is 33.6. The van der Waals surface area contributed by atoms with Gasteiger partial charge in [-0.1, -0.05) is 12.1 Å². The van der Waals surface area contributed by atoms with E-state index in [4.69, 9.17) is 9.47 Å². The monoisotopic (exact) mass is 304 g/mol. The van der Waals surface area contributed by atoms with E-state index in [1.54, 1.807) is 19.2 Å². The van der Waals surface area contributed by atoms with Crippen LogP contribution in [-0.4, -0.2) is 37.2 Å². The van der Waals surface area contributed by atoms with Crippen LogP contribution in [-0.2, 0) is 14.3 Å². The number of hydrogen-bond donors (Lipinski definition) is 1. The second-order valence-electron chi connectivity index (χ2n) is 6.10. The van der Waals surface area contributed by atoms with E-state index in [0.717, 1.165) is 5.56 Å². The van der Waals surface area contributed by atoms with E-state index in [1.165, 1.54) is 7.11 Å². The summed E-state index contributed by atoms with van der Waals surface area (Å²) < 4.78 is 10.1. The van der Waals surface area contributed by atoms with Crippen LogP contribution in [0.1, 0.15) is 30.7 Å². The number of Topliss-reactive ketones (excluding diaryl/α,β-unsaturated/α-hetero) is 1. The number of fused-ring (bicyclic) bond motifs is 2. The molecule has 0 aromatic heterocycles. The fourth-order valence-corrected chi connectivity index (χ4v) is 4.07. The molecule has 0 heterocycles. The number of esters is 1. The number of aliphatic hydroxyl groups excluding tert-OH is 1. The molecule has 0 aliphatic heterocycles. The molecule has 2 aliphatic carbocycles. The van der Waals surface area contributed by atoms with E-state index in [2.05, 4.69) is 0 Å². The molecule has 2 fully saturated rings. The van der Waals surface area contributed by atoms with Crippen molar-refractivity contribution in [3.05, 3.63) is 29.8 Å². The molecule has 2 aliphatic rings. The van der Waals surface area contributed by atoms with E-state index in [-0.39, 0.29) is 11.7 Å². The third-order valence-electron chi connectivity index (χ3n) is 5.23. The van der Waals surface area contributed by atoms with Crippen LogP contribution in [0.4, 0.5) is 0 Å². The lowest BCUT2D eigenvalue weighted by atomic mass is 9.63. The van der Waals surface area contributed by atoms with Gasteiger partial charge in [-0.15, -0.1) is 0 Å². The van der Waals surface area contributed by atoms with Crippen molar-refractivity contribution in [2.24, 2.45) is 11.3 Å². The number of benzene rings is 1. The van der Waals surface area contributed by atoms with Crippen LogP contribution in [0.3, 0.4) is 0 Å². The minimum Gasteiger partial charge on any atom is -0.497 e. The zero-order valence-corrected chi connectivity index (χ0v) is 12.7. The maximum absolute atomic E-state index is 12.7. The van der Waals surface area contributed by atoms with Crippen molar-refractivity contribution >= 4 is 11.8 Å². The summed E-state index contributed by atoms with van der Waals surface area (Å²) in [7, 11) is 2.90. The Kier molecular flexibility index (Phi) is 3.68. The van der Waals surface area contributed by atoms with Crippen LogP contribution in [0.2, 0.25) is 0 Å². The molecule has 5 heteroatoms. The molecule has 0 spiro atoms. The number of carbonyl (C=O) groups is 2. The molecule has 118 valence electrons. The van der Waals surface area contributed by atoms with Crippen LogP contribution in [0.25, 0.3) is 0 Å². The van der Waals surface area contributed by atoms with Gasteiger partial charge in [0.15, 0.2) is 5.78 Å². The zero-order chi connectivity index (χ0) is 15.9. The van der Waals surface area contributed by atoms with Crippen molar-refractivity contribution in [1.82, 2.24) is 0 Å². The highest BCUT2D eigenvalue weighted by molar-refractivity contribution is 6.08. The van der Waals surface area contributed by atoms with Gasteiger partial charge in [0.1, 0.15) is 11.2 Å². The molecule has 2 bridgehead atoms. The third-order valence-corrected chi connectivity index (χ3v) is 5.23. The Hall–Kier alpha value is -1.88. The van der Waals surface area contributed by atoms with E-state index in [9.17, 15) is 14.7 Å². The van der Waals surface area contributed by atoms with Gasteiger partial charge in [-0.2, -0.15) is 0 Å². The minimum absolute atomic E-state index is 0.168. The van der Waals surface area contributed by atoms with E-state index < -0.39 is 23.4 Å². The van der Waals surface area contributed by atoms with Crippen molar-refractivity contribution in [3.63, 3.8) is 0 Å². The Morgan fingerprint density at radius 3 is 2.55 bits per heavy atom. The first-order chi connectivity index (χ1) is 10.5. The third kappa shape index (κ3) is 1.96. The zero-order valence-electron chi connectivity index (χ0n) is 12.7. The summed E-state index contributed by atoms with van der Waals surface area (Å²) in [5.41, 5.74) is -0.285. The highest BCUT2D eigenvalue weighted by Crippen LogP contribution is 2.56. The van der Waals surface area contributed by atoms with E-state index >= 15 is 0 Å². The number of rotatable bonds is 3. The number of aliphatic hydroxyl groups is 1. The van der Waals surface area contributed by atoms with Gasteiger partial charge in [-0.25, -0.2) is 0 Å². The molecule has 22 heavy (non-hydrogen) atoms. The van der Waals surface area contributed by atoms with Gasteiger partial charge in [0, 0.05) is 11.8 Å². The molecule has 1 N–H and O–H groups in total. The Morgan fingerprint density at radius 1 is 1.27 bits per heavy atom. The first-order valence-corrected chi connectivity index (χ1v) is 7.49. The minimum atomic E-state index is -1.15. The smallest absolute Gasteiger partial charge is 0.319 e. The Labute approximate surface area is 129 Å². The lowest BCUT2D eigenvalue weighted by Crippen LogP contribution is -2.50. The number of methoxy groups -OCH3 is 2. The number of hydrogen-bond acceptors (Lipinski definition) is 5. The Morgan fingerprint density at radius 2 is 1.95 bits per heavy atom. The Balaban J connectivity index is 2.06. The average molecular weight is 304 g/mol. The maximum atomic E-state index is 12.7. The maximum Gasteiger partial charge on any atom is 0.319 e. The van der Waals surface area contributed by atoms with Crippen LogP contribution in [0, 0.1) is 11.3 Å². The lowest BCUT2D eigenvalue weighted by Gasteiger charge is -2.39. The summed E-state index contributed by atoms with van der Waals surface area (Å²) >= 11 is 0. The molecular weight excluding hydrogens is 284 g/mol.